The topological polar surface area (TPSA) is 52.6 Å². The summed E-state index contributed by atoms with van der Waals surface area (Å²) in [5.74, 6) is 4.05. The minimum Gasteiger partial charge on any atom is -0.437 e. The summed E-state index contributed by atoms with van der Waals surface area (Å²) in [4.78, 5) is 0. The monoisotopic (exact) mass is 550 g/mol. The summed E-state index contributed by atoms with van der Waals surface area (Å²) in [6.07, 6.45) is 3.20. The molecule has 2 aliphatic rings. The van der Waals surface area contributed by atoms with Crippen LogP contribution in [0, 0.1) is 0 Å². The van der Waals surface area contributed by atoms with Gasteiger partial charge in [-0.1, -0.05) is 71.8 Å². The largest absolute Gasteiger partial charge is 0.437 e. The highest BCUT2D eigenvalue weighted by Crippen LogP contribution is 2.57. The molecule has 0 aromatic heterocycles. The van der Waals surface area contributed by atoms with Crippen molar-refractivity contribution < 1.29 is 18.2 Å². The predicted molar refractivity (Wildman–Crippen MR) is 148 cm³/mol. The minimum absolute atomic E-state index is 0.502. The Bertz CT molecular complexity index is 1570. The van der Waals surface area contributed by atoms with Crippen LogP contribution in [0.2, 0.25) is 10.0 Å². The van der Waals surface area contributed by atoms with E-state index in [2.05, 4.69) is 0 Å². The van der Waals surface area contributed by atoms with Crippen molar-refractivity contribution in [2.24, 2.45) is 0 Å². The Kier molecular flexibility index (Phi) is 5.74. The van der Waals surface area contributed by atoms with E-state index in [9.17, 15) is 9.13 Å². The van der Waals surface area contributed by atoms with E-state index in [1.807, 2.05) is 36.4 Å². The first-order valence-electron chi connectivity index (χ1n) is 11.1. The quantitative estimate of drug-likeness (QED) is 0.189. The van der Waals surface area contributed by atoms with E-state index in [-0.39, 0.29) is 0 Å². The summed E-state index contributed by atoms with van der Waals surface area (Å²) in [5.41, 5.74) is 3.21. The third-order valence-corrected chi connectivity index (χ3v) is 10.7. The van der Waals surface area contributed by atoms with E-state index in [1.54, 1.807) is 60.7 Å². The van der Waals surface area contributed by atoms with Gasteiger partial charge < -0.3 is 9.05 Å². The first-order valence-corrected chi connectivity index (χ1v) is 15.3. The predicted octanol–water partition coefficient (Wildman–Crippen LogP) is 8.65. The summed E-state index contributed by atoms with van der Waals surface area (Å²) < 4.78 is 39.9. The molecule has 2 unspecified atom stereocenters. The Labute approximate surface area is 218 Å². The van der Waals surface area contributed by atoms with Gasteiger partial charge in [-0.3, -0.25) is 9.13 Å². The van der Waals surface area contributed by atoms with Crippen LogP contribution < -0.4 is 19.7 Å². The average Bonchev–Trinajstić information content (AvgIpc) is 2.88. The Morgan fingerprint density at radius 1 is 0.556 bits per heavy atom. The Morgan fingerprint density at radius 2 is 0.972 bits per heavy atom. The van der Waals surface area contributed by atoms with E-state index < -0.39 is 14.7 Å². The molecule has 4 nitrogen and oxygen atoms in total. The third kappa shape index (κ3) is 3.95. The number of rotatable bonds is 3. The van der Waals surface area contributed by atoms with Gasteiger partial charge in [0.15, 0.2) is 0 Å². The second-order valence-electron chi connectivity index (χ2n) is 8.37. The number of hydrogen-bond donors (Lipinski definition) is 0. The first-order chi connectivity index (χ1) is 17.4. The molecule has 0 fully saturated rings. The van der Waals surface area contributed by atoms with Gasteiger partial charge in [-0.25, -0.2) is 0 Å². The number of hydrogen-bond acceptors (Lipinski definition) is 4. The fourth-order valence-corrected chi connectivity index (χ4v) is 8.66. The lowest BCUT2D eigenvalue weighted by Gasteiger charge is -2.27. The summed E-state index contributed by atoms with van der Waals surface area (Å²) >= 11 is 12.4. The molecule has 6 rings (SSSR count). The van der Waals surface area contributed by atoms with Crippen molar-refractivity contribution in [3.8, 4) is 33.8 Å². The maximum absolute atomic E-state index is 13.9. The van der Waals surface area contributed by atoms with Crippen molar-refractivity contribution in [1.82, 2.24) is 0 Å². The van der Waals surface area contributed by atoms with Gasteiger partial charge in [0.05, 0.1) is 10.6 Å². The van der Waals surface area contributed by atoms with Gasteiger partial charge in [-0.15, -0.1) is 0 Å². The first kappa shape index (κ1) is 23.4. The van der Waals surface area contributed by atoms with Crippen LogP contribution in [-0.4, -0.2) is 0 Å². The normalized spacial score (nSPS) is 21.7. The van der Waals surface area contributed by atoms with Crippen LogP contribution in [0.1, 0.15) is 0 Å². The molecule has 36 heavy (non-hydrogen) atoms. The van der Waals surface area contributed by atoms with E-state index in [0.29, 0.717) is 32.2 Å². The molecular weight excluding hydrogens is 533 g/mol. The van der Waals surface area contributed by atoms with Crippen LogP contribution in [0.4, 0.5) is 0 Å². The van der Waals surface area contributed by atoms with Gasteiger partial charge in [-0.2, -0.15) is 0 Å². The summed E-state index contributed by atoms with van der Waals surface area (Å²) in [7, 11) is -6.78. The van der Waals surface area contributed by atoms with Crippen LogP contribution >= 0.6 is 37.9 Å². The lowest BCUT2D eigenvalue weighted by Crippen LogP contribution is -2.16. The fourth-order valence-electron chi connectivity index (χ4n) is 4.47. The maximum atomic E-state index is 13.9. The molecule has 0 spiro atoms. The molecular formula is C28H18Cl2O4P2. The van der Waals surface area contributed by atoms with Crippen LogP contribution in [0.5, 0.6) is 11.5 Å². The van der Waals surface area contributed by atoms with Crippen LogP contribution in [0.25, 0.3) is 22.3 Å². The smallest absolute Gasteiger partial charge is 0.300 e. The maximum Gasteiger partial charge on any atom is 0.300 e. The zero-order chi connectivity index (χ0) is 24.9. The molecule has 8 heteroatoms. The molecule has 4 aromatic rings. The van der Waals surface area contributed by atoms with Crippen molar-refractivity contribution in [1.29, 1.82) is 0 Å². The van der Waals surface area contributed by atoms with Crippen LogP contribution in [0.15, 0.2) is 109 Å². The second-order valence-corrected chi connectivity index (χ2v) is 13.6. The fraction of sp³-hybridized carbons (Fsp3) is 0. The van der Waals surface area contributed by atoms with Crippen molar-refractivity contribution in [2.45, 2.75) is 0 Å². The molecule has 0 aliphatic carbocycles. The highest BCUT2D eigenvalue weighted by atomic mass is 35.5. The average molecular weight is 551 g/mol. The summed E-state index contributed by atoms with van der Waals surface area (Å²) in [6, 6.07) is 25.3. The van der Waals surface area contributed by atoms with Gasteiger partial charge in [0, 0.05) is 32.8 Å². The molecule has 0 radical (unpaired) electrons. The van der Waals surface area contributed by atoms with Crippen molar-refractivity contribution in [3.63, 3.8) is 0 Å². The highest BCUT2D eigenvalue weighted by molar-refractivity contribution is 7.71. The van der Waals surface area contributed by atoms with Gasteiger partial charge in [-0.05, 0) is 59.7 Å². The van der Waals surface area contributed by atoms with Crippen molar-refractivity contribution in [2.75, 3.05) is 0 Å². The van der Waals surface area contributed by atoms with Crippen molar-refractivity contribution >= 4 is 48.5 Å². The molecule has 0 N–H and O–H groups in total. The highest BCUT2D eigenvalue weighted by Gasteiger charge is 2.35. The Hall–Kier alpha value is -3.00. The zero-order valence-corrected chi connectivity index (χ0v) is 22.0. The molecule has 4 aromatic carbocycles. The zero-order valence-electron chi connectivity index (χ0n) is 18.7. The molecule has 0 bridgehead atoms. The lowest BCUT2D eigenvalue weighted by atomic mass is 10.0. The number of halogens is 2. The van der Waals surface area contributed by atoms with E-state index in [0.717, 1.165) is 22.3 Å². The Morgan fingerprint density at radius 3 is 1.42 bits per heavy atom. The minimum atomic E-state index is -3.39. The van der Waals surface area contributed by atoms with Gasteiger partial charge in [0.2, 0.25) is 0 Å². The molecule has 0 saturated heterocycles. The molecule has 0 saturated carbocycles. The van der Waals surface area contributed by atoms with Crippen LogP contribution in [0.3, 0.4) is 0 Å². The molecule has 178 valence electrons. The standard InChI is InChI=1S/C28H18Cl2O4P2/c29-19-11-13-25-23(17-19)21-7-1-3-9-27(21)35(31,33-25)15-5-6-16-36(32)28-10-4-2-8-22(28)24-18-20(30)12-14-26(24)34-36/h1-18H. The third-order valence-electron chi connectivity index (χ3n) is 6.09. The number of allylic oxidation sites excluding steroid dienone is 2. The number of benzene rings is 4. The summed E-state index contributed by atoms with van der Waals surface area (Å²) in [6.45, 7) is 0. The van der Waals surface area contributed by atoms with E-state index in [4.69, 9.17) is 32.2 Å². The SMILES string of the molecule is O=P1(C=CC=CP2(=O)Oc3ccc(Cl)cc3-c3ccccc32)Oc2ccc(Cl)cc2-c2ccccc21. The van der Waals surface area contributed by atoms with Gasteiger partial charge in [0.1, 0.15) is 11.5 Å². The Balaban J connectivity index is 1.35. The van der Waals surface area contributed by atoms with Gasteiger partial charge >= 0.3 is 0 Å². The molecule has 2 atom stereocenters. The van der Waals surface area contributed by atoms with E-state index >= 15 is 0 Å². The lowest BCUT2D eigenvalue weighted by molar-refractivity contribution is 0.499. The van der Waals surface area contributed by atoms with Gasteiger partial charge in [0.25, 0.3) is 14.7 Å². The molecule has 0 amide bonds. The van der Waals surface area contributed by atoms with Crippen LogP contribution in [-0.2, 0) is 9.13 Å². The number of fused-ring (bicyclic) bond motifs is 6. The summed E-state index contributed by atoms with van der Waals surface area (Å²) in [5, 5.41) is 2.31. The molecule has 2 heterocycles. The molecule has 2 aliphatic heterocycles. The van der Waals surface area contributed by atoms with E-state index in [1.165, 1.54) is 11.6 Å². The second kappa shape index (κ2) is 8.83. The van der Waals surface area contributed by atoms with Crippen molar-refractivity contribution in [3.05, 3.63) is 119 Å².